The third-order valence-corrected chi connectivity index (χ3v) is 2.65. The Morgan fingerprint density at radius 3 is 2.06 bits per heavy atom. The van der Waals surface area contributed by atoms with Crippen molar-refractivity contribution >= 4 is 11.6 Å². The lowest BCUT2D eigenvalue weighted by molar-refractivity contribution is 0.867. The molecule has 0 saturated carbocycles. The average molecular weight is 233 g/mol. The maximum atomic E-state index is 5.74. The molecule has 2 aromatic rings. The van der Waals surface area contributed by atoms with Crippen molar-refractivity contribution < 1.29 is 0 Å². The summed E-state index contributed by atoms with van der Waals surface area (Å²) in [6, 6.07) is 8.30. The molecule has 0 radical (unpaired) electrons. The molecule has 0 N–H and O–H groups in total. The molecule has 0 spiro atoms. The fourth-order valence-electron chi connectivity index (χ4n) is 1.48. The molecule has 0 fully saturated rings. The van der Waals surface area contributed by atoms with Crippen molar-refractivity contribution in [1.82, 2.24) is 9.97 Å². The average Bonchev–Trinajstić information content (AvgIpc) is 2.30. The Morgan fingerprint density at radius 2 is 1.56 bits per heavy atom. The fraction of sp³-hybridized carbons (Fsp3) is 0.231. The van der Waals surface area contributed by atoms with Crippen LogP contribution >= 0.6 is 11.6 Å². The highest BCUT2D eigenvalue weighted by Crippen LogP contribution is 2.20. The lowest BCUT2D eigenvalue weighted by Gasteiger charge is -2.05. The Labute approximate surface area is 100 Å². The SMILES string of the molecule is CC(C)c1ccc(-c2ncc(Cl)cn2)cc1. The van der Waals surface area contributed by atoms with Crippen LogP contribution in [0.4, 0.5) is 0 Å². The molecule has 0 atom stereocenters. The van der Waals surface area contributed by atoms with E-state index in [2.05, 4.69) is 35.9 Å². The molecule has 0 aliphatic rings. The van der Waals surface area contributed by atoms with Crippen LogP contribution in [-0.2, 0) is 0 Å². The third-order valence-electron chi connectivity index (χ3n) is 2.46. The highest BCUT2D eigenvalue weighted by molar-refractivity contribution is 6.30. The van der Waals surface area contributed by atoms with Gasteiger partial charge in [0.2, 0.25) is 0 Å². The summed E-state index contributed by atoms with van der Waals surface area (Å²) in [6.45, 7) is 4.35. The molecular weight excluding hydrogens is 220 g/mol. The second kappa shape index (κ2) is 4.62. The normalized spacial score (nSPS) is 10.8. The summed E-state index contributed by atoms with van der Waals surface area (Å²) in [7, 11) is 0. The lowest BCUT2D eigenvalue weighted by Crippen LogP contribution is -1.90. The Balaban J connectivity index is 2.31. The predicted octanol–water partition coefficient (Wildman–Crippen LogP) is 3.92. The number of hydrogen-bond acceptors (Lipinski definition) is 2. The number of hydrogen-bond donors (Lipinski definition) is 0. The van der Waals surface area contributed by atoms with Crippen LogP contribution in [-0.4, -0.2) is 9.97 Å². The van der Waals surface area contributed by atoms with Crippen molar-refractivity contribution in [2.24, 2.45) is 0 Å². The van der Waals surface area contributed by atoms with Gasteiger partial charge in [-0.3, -0.25) is 0 Å². The van der Waals surface area contributed by atoms with Gasteiger partial charge in [0, 0.05) is 18.0 Å². The standard InChI is InChI=1S/C13H13ClN2/c1-9(2)10-3-5-11(6-4-10)13-15-7-12(14)8-16-13/h3-9H,1-2H3. The maximum absolute atomic E-state index is 5.74. The van der Waals surface area contributed by atoms with Gasteiger partial charge < -0.3 is 0 Å². The van der Waals surface area contributed by atoms with E-state index >= 15 is 0 Å². The molecule has 2 nitrogen and oxygen atoms in total. The van der Waals surface area contributed by atoms with E-state index in [-0.39, 0.29) is 0 Å². The summed E-state index contributed by atoms with van der Waals surface area (Å²) in [6.07, 6.45) is 3.22. The number of aromatic nitrogens is 2. The zero-order valence-corrected chi connectivity index (χ0v) is 10.1. The van der Waals surface area contributed by atoms with Crippen LogP contribution in [0.1, 0.15) is 25.3 Å². The molecule has 0 amide bonds. The minimum atomic E-state index is 0.542. The Hall–Kier alpha value is -1.41. The van der Waals surface area contributed by atoms with Crippen molar-refractivity contribution in [3.05, 3.63) is 47.2 Å². The Kier molecular flexibility index (Phi) is 3.20. The van der Waals surface area contributed by atoms with Crippen molar-refractivity contribution in [2.75, 3.05) is 0 Å². The molecule has 0 saturated heterocycles. The van der Waals surface area contributed by atoms with E-state index < -0.39 is 0 Å². The van der Waals surface area contributed by atoms with Gasteiger partial charge in [0.1, 0.15) is 0 Å². The largest absolute Gasteiger partial charge is 0.235 e. The molecule has 0 unspecified atom stereocenters. The topological polar surface area (TPSA) is 25.8 Å². The molecule has 16 heavy (non-hydrogen) atoms. The predicted molar refractivity (Wildman–Crippen MR) is 66.6 cm³/mol. The van der Waals surface area contributed by atoms with Crippen LogP contribution in [0.3, 0.4) is 0 Å². The van der Waals surface area contributed by atoms with Crippen molar-refractivity contribution in [3.63, 3.8) is 0 Å². The van der Waals surface area contributed by atoms with Gasteiger partial charge in [0.25, 0.3) is 0 Å². The molecule has 0 bridgehead atoms. The van der Waals surface area contributed by atoms with Crippen LogP contribution in [0, 0.1) is 0 Å². The van der Waals surface area contributed by atoms with Gasteiger partial charge in [-0.15, -0.1) is 0 Å². The van der Waals surface area contributed by atoms with E-state index in [9.17, 15) is 0 Å². The van der Waals surface area contributed by atoms with Crippen LogP contribution in [0.5, 0.6) is 0 Å². The minimum Gasteiger partial charge on any atom is -0.235 e. The van der Waals surface area contributed by atoms with Crippen LogP contribution in [0.2, 0.25) is 5.02 Å². The van der Waals surface area contributed by atoms with Gasteiger partial charge in [-0.2, -0.15) is 0 Å². The fourth-order valence-corrected chi connectivity index (χ4v) is 1.58. The van der Waals surface area contributed by atoms with Gasteiger partial charge in [-0.25, -0.2) is 9.97 Å². The molecule has 2 rings (SSSR count). The minimum absolute atomic E-state index is 0.542. The monoisotopic (exact) mass is 232 g/mol. The summed E-state index contributed by atoms with van der Waals surface area (Å²) in [4.78, 5) is 8.36. The van der Waals surface area contributed by atoms with E-state index in [1.54, 1.807) is 12.4 Å². The molecule has 1 aromatic carbocycles. The number of rotatable bonds is 2. The Bertz CT molecular complexity index is 460. The zero-order chi connectivity index (χ0) is 11.5. The quantitative estimate of drug-likeness (QED) is 0.784. The second-order valence-corrected chi connectivity index (χ2v) is 4.44. The van der Waals surface area contributed by atoms with E-state index in [1.807, 2.05) is 12.1 Å². The molecule has 3 heteroatoms. The first-order valence-corrected chi connectivity index (χ1v) is 5.62. The van der Waals surface area contributed by atoms with E-state index in [0.717, 1.165) is 5.56 Å². The number of benzene rings is 1. The van der Waals surface area contributed by atoms with Crippen molar-refractivity contribution in [1.29, 1.82) is 0 Å². The summed E-state index contributed by atoms with van der Waals surface area (Å²) >= 11 is 5.74. The third kappa shape index (κ3) is 2.39. The smallest absolute Gasteiger partial charge is 0.159 e. The summed E-state index contributed by atoms with van der Waals surface area (Å²) in [5.74, 6) is 1.25. The van der Waals surface area contributed by atoms with Crippen LogP contribution in [0.25, 0.3) is 11.4 Å². The van der Waals surface area contributed by atoms with Gasteiger partial charge in [-0.1, -0.05) is 49.7 Å². The molecular formula is C13H13ClN2. The maximum Gasteiger partial charge on any atom is 0.159 e. The molecule has 0 aliphatic heterocycles. The van der Waals surface area contributed by atoms with E-state index in [4.69, 9.17) is 11.6 Å². The molecule has 1 heterocycles. The van der Waals surface area contributed by atoms with Crippen LogP contribution < -0.4 is 0 Å². The van der Waals surface area contributed by atoms with Crippen molar-refractivity contribution in [2.45, 2.75) is 19.8 Å². The highest BCUT2D eigenvalue weighted by Gasteiger charge is 2.02. The zero-order valence-electron chi connectivity index (χ0n) is 9.31. The first-order valence-electron chi connectivity index (χ1n) is 5.24. The number of nitrogens with zero attached hydrogens (tertiary/aromatic N) is 2. The number of halogens is 1. The van der Waals surface area contributed by atoms with Gasteiger partial charge >= 0.3 is 0 Å². The van der Waals surface area contributed by atoms with Crippen LogP contribution in [0.15, 0.2) is 36.7 Å². The lowest BCUT2D eigenvalue weighted by atomic mass is 10.0. The van der Waals surface area contributed by atoms with Gasteiger partial charge in [0.05, 0.1) is 5.02 Å². The first-order chi connectivity index (χ1) is 7.66. The van der Waals surface area contributed by atoms with E-state index in [0.29, 0.717) is 16.8 Å². The summed E-state index contributed by atoms with van der Waals surface area (Å²) in [5, 5.41) is 0.558. The molecule has 82 valence electrons. The van der Waals surface area contributed by atoms with E-state index in [1.165, 1.54) is 5.56 Å². The van der Waals surface area contributed by atoms with Crippen molar-refractivity contribution in [3.8, 4) is 11.4 Å². The van der Waals surface area contributed by atoms with Gasteiger partial charge in [0.15, 0.2) is 5.82 Å². The molecule has 1 aromatic heterocycles. The highest BCUT2D eigenvalue weighted by atomic mass is 35.5. The summed E-state index contributed by atoms with van der Waals surface area (Å²) < 4.78 is 0. The second-order valence-electron chi connectivity index (χ2n) is 4.00. The first kappa shape index (κ1) is 11.1. The summed E-state index contributed by atoms with van der Waals surface area (Å²) in [5.41, 5.74) is 2.33. The Morgan fingerprint density at radius 1 is 1.00 bits per heavy atom. The molecule has 0 aliphatic carbocycles. The van der Waals surface area contributed by atoms with Gasteiger partial charge in [-0.05, 0) is 11.5 Å².